The van der Waals surface area contributed by atoms with Crippen molar-refractivity contribution in [3.63, 3.8) is 0 Å². The zero-order valence-corrected chi connectivity index (χ0v) is 11.4. The molecular weight excluding hydrogens is 210 g/mol. The molecule has 96 valence electrons. The molecule has 2 rings (SSSR count). The van der Waals surface area contributed by atoms with Gasteiger partial charge in [0.05, 0.1) is 0 Å². The van der Waals surface area contributed by atoms with Gasteiger partial charge in [-0.2, -0.15) is 0 Å². The summed E-state index contributed by atoms with van der Waals surface area (Å²) in [5.74, 6) is 3.59. The number of rotatable bonds is 4. The monoisotopic (exact) mass is 235 g/mol. The summed E-state index contributed by atoms with van der Waals surface area (Å²) in [7, 11) is 0. The predicted octanol–water partition coefficient (Wildman–Crippen LogP) is 3.81. The lowest BCUT2D eigenvalue weighted by atomic mass is 9.99. The molecule has 1 aliphatic rings. The van der Waals surface area contributed by atoms with Gasteiger partial charge in [-0.1, -0.05) is 13.8 Å². The first-order chi connectivity index (χ1) is 8.15. The third kappa shape index (κ3) is 3.60. The third-order valence-corrected chi connectivity index (χ3v) is 3.87. The van der Waals surface area contributed by atoms with Crippen molar-refractivity contribution in [2.45, 2.75) is 46.0 Å². The molecule has 2 heterocycles. The lowest BCUT2D eigenvalue weighted by Gasteiger charge is -2.31. The first kappa shape index (κ1) is 12.7. The molecule has 1 aromatic rings. The molecule has 1 aromatic heterocycles. The van der Waals surface area contributed by atoms with E-state index in [1.165, 1.54) is 38.9 Å². The SMILES string of the molecule is Cc1ccc([C@H](C)CCN2CCC[C@@H](C)C2)o1. The van der Waals surface area contributed by atoms with E-state index in [-0.39, 0.29) is 0 Å². The van der Waals surface area contributed by atoms with E-state index in [0.717, 1.165) is 17.4 Å². The summed E-state index contributed by atoms with van der Waals surface area (Å²) in [6.07, 6.45) is 3.98. The fraction of sp³-hybridized carbons (Fsp3) is 0.733. The molecule has 0 amide bonds. The second-order valence-corrected chi connectivity index (χ2v) is 5.69. The van der Waals surface area contributed by atoms with Crippen molar-refractivity contribution in [3.8, 4) is 0 Å². The fourth-order valence-corrected chi connectivity index (χ4v) is 2.73. The van der Waals surface area contributed by atoms with Crippen LogP contribution >= 0.6 is 0 Å². The molecule has 2 heteroatoms. The highest BCUT2D eigenvalue weighted by Crippen LogP contribution is 2.23. The van der Waals surface area contributed by atoms with Gasteiger partial charge in [-0.15, -0.1) is 0 Å². The summed E-state index contributed by atoms with van der Waals surface area (Å²) in [6.45, 7) is 10.4. The van der Waals surface area contributed by atoms with Gasteiger partial charge in [-0.25, -0.2) is 0 Å². The summed E-state index contributed by atoms with van der Waals surface area (Å²) in [6, 6.07) is 4.19. The van der Waals surface area contributed by atoms with Crippen molar-refractivity contribution in [1.82, 2.24) is 4.90 Å². The van der Waals surface area contributed by atoms with Crippen molar-refractivity contribution >= 4 is 0 Å². The van der Waals surface area contributed by atoms with Crippen LogP contribution in [-0.4, -0.2) is 24.5 Å². The number of hydrogen-bond acceptors (Lipinski definition) is 2. The standard InChI is InChI=1S/C15H25NO/c1-12-5-4-9-16(11-12)10-8-13(2)15-7-6-14(3)17-15/h6-7,12-13H,4-5,8-11H2,1-3H3/t12-,13-/m1/s1. The Hall–Kier alpha value is -0.760. The Morgan fingerprint density at radius 1 is 1.47 bits per heavy atom. The zero-order chi connectivity index (χ0) is 12.3. The summed E-state index contributed by atoms with van der Waals surface area (Å²) in [5, 5.41) is 0. The highest BCUT2D eigenvalue weighted by Gasteiger charge is 2.17. The van der Waals surface area contributed by atoms with Gasteiger partial charge >= 0.3 is 0 Å². The maximum Gasteiger partial charge on any atom is 0.107 e. The predicted molar refractivity (Wildman–Crippen MR) is 71.3 cm³/mol. The number of hydrogen-bond donors (Lipinski definition) is 0. The largest absolute Gasteiger partial charge is 0.466 e. The zero-order valence-electron chi connectivity index (χ0n) is 11.4. The molecule has 0 unspecified atom stereocenters. The lowest BCUT2D eigenvalue weighted by molar-refractivity contribution is 0.177. The van der Waals surface area contributed by atoms with Crippen LogP contribution in [0.5, 0.6) is 0 Å². The maximum atomic E-state index is 5.69. The topological polar surface area (TPSA) is 16.4 Å². The Balaban J connectivity index is 1.77. The Morgan fingerprint density at radius 3 is 2.94 bits per heavy atom. The number of furan rings is 1. The third-order valence-electron chi connectivity index (χ3n) is 3.87. The van der Waals surface area contributed by atoms with E-state index < -0.39 is 0 Å². The van der Waals surface area contributed by atoms with Crippen molar-refractivity contribution in [2.24, 2.45) is 5.92 Å². The Kier molecular flexibility index (Phi) is 4.27. The smallest absolute Gasteiger partial charge is 0.107 e. The molecule has 2 atom stereocenters. The van der Waals surface area contributed by atoms with E-state index in [1.54, 1.807) is 0 Å². The molecule has 17 heavy (non-hydrogen) atoms. The van der Waals surface area contributed by atoms with Gasteiger partial charge in [0.15, 0.2) is 0 Å². The molecule has 1 fully saturated rings. The first-order valence-corrected chi connectivity index (χ1v) is 6.94. The van der Waals surface area contributed by atoms with E-state index in [1.807, 2.05) is 6.92 Å². The normalized spacial score (nSPS) is 23.8. The molecule has 0 aliphatic carbocycles. The van der Waals surface area contributed by atoms with E-state index in [9.17, 15) is 0 Å². The number of aryl methyl sites for hydroxylation is 1. The minimum absolute atomic E-state index is 0.543. The van der Waals surface area contributed by atoms with Gasteiger partial charge in [-0.3, -0.25) is 0 Å². The van der Waals surface area contributed by atoms with E-state index >= 15 is 0 Å². The van der Waals surface area contributed by atoms with Crippen LogP contribution in [0.4, 0.5) is 0 Å². The van der Waals surface area contributed by atoms with Gasteiger partial charge in [0.25, 0.3) is 0 Å². The minimum Gasteiger partial charge on any atom is -0.466 e. The van der Waals surface area contributed by atoms with Crippen LogP contribution in [0, 0.1) is 12.8 Å². The van der Waals surface area contributed by atoms with Crippen LogP contribution in [0.25, 0.3) is 0 Å². The molecule has 0 saturated carbocycles. The van der Waals surface area contributed by atoms with Crippen molar-refractivity contribution in [1.29, 1.82) is 0 Å². The summed E-state index contributed by atoms with van der Waals surface area (Å²) in [5.41, 5.74) is 0. The first-order valence-electron chi connectivity index (χ1n) is 6.94. The van der Waals surface area contributed by atoms with E-state index in [2.05, 4.69) is 30.9 Å². The molecule has 0 spiro atoms. The molecule has 0 radical (unpaired) electrons. The summed E-state index contributed by atoms with van der Waals surface area (Å²) in [4.78, 5) is 2.61. The van der Waals surface area contributed by atoms with Gasteiger partial charge < -0.3 is 9.32 Å². The number of likely N-dealkylation sites (tertiary alicyclic amines) is 1. The lowest BCUT2D eigenvalue weighted by Crippen LogP contribution is -2.35. The van der Waals surface area contributed by atoms with Gasteiger partial charge in [-0.05, 0) is 57.3 Å². The molecule has 0 aromatic carbocycles. The molecule has 0 bridgehead atoms. The molecule has 1 saturated heterocycles. The van der Waals surface area contributed by atoms with Gasteiger partial charge in [0.1, 0.15) is 11.5 Å². The van der Waals surface area contributed by atoms with Crippen molar-refractivity contribution in [2.75, 3.05) is 19.6 Å². The van der Waals surface area contributed by atoms with E-state index in [4.69, 9.17) is 4.42 Å². The highest BCUT2D eigenvalue weighted by atomic mass is 16.3. The molecule has 2 nitrogen and oxygen atoms in total. The van der Waals surface area contributed by atoms with Crippen LogP contribution < -0.4 is 0 Å². The Bertz CT molecular complexity index is 344. The summed E-state index contributed by atoms with van der Waals surface area (Å²) < 4.78 is 5.69. The van der Waals surface area contributed by atoms with Crippen molar-refractivity contribution < 1.29 is 4.42 Å². The Morgan fingerprint density at radius 2 is 2.29 bits per heavy atom. The fourth-order valence-electron chi connectivity index (χ4n) is 2.73. The number of piperidine rings is 1. The van der Waals surface area contributed by atoms with Crippen LogP contribution in [0.15, 0.2) is 16.5 Å². The van der Waals surface area contributed by atoms with E-state index in [0.29, 0.717) is 5.92 Å². The van der Waals surface area contributed by atoms with Crippen molar-refractivity contribution in [3.05, 3.63) is 23.7 Å². The van der Waals surface area contributed by atoms with Crippen LogP contribution in [0.3, 0.4) is 0 Å². The number of nitrogens with zero attached hydrogens (tertiary/aromatic N) is 1. The van der Waals surface area contributed by atoms with Crippen LogP contribution in [0.2, 0.25) is 0 Å². The highest BCUT2D eigenvalue weighted by molar-refractivity contribution is 5.09. The maximum absolute atomic E-state index is 5.69. The average molecular weight is 235 g/mol. The minimum atomic E-state index is 0.543. The average Bonchev–Trinajstić information content (AvgIpc) is 2.73. The van der Waals surface area contributed by atoms with Crippen LogP contribution in [-0.2, 0) is 0 Å². The molecule has 1 aliphatic heterocycles. The van der Waals surface area contributed by atoms with Gasteiger partial charge in [0.2, 0.25) is 0 Å². The molecule has 0 N–H and O–H groups in total. The quantitative estimate of drug-likeness (QED) is 0.789. The Labute approximate surface area is 105 Å². The molecular formula is C15H25NO. The van der Waals surface area contributed by atoms with Crippen LogP contribution in [0.1, 0.15) is 50.5 Å². The van der Waals surface area contributed by atoms with Gasteiger partial charge in [0, 0.05) is 12.5 Å². The second-order valence-electron chi connectivity index (χ2n) is 5.69. The second kappa shape index (κ2) is 5.72. The summed E-state index contributed by atoms with van der Waals surface area (Å²) >= 11 is 0.